The number of unbranched alkanes of at least 4 members (excludes halogenated alkanes) is 3. The first-order valence-electron chi connectivity index (χ1n) is 14.3. The van der Waals surface area contributed by atoms with Gasteiger partial charge in [-0.3, -0.25) is 4.90 Å². The zero-order valence-corrected chi connectivity index (χ0v) is 23.7. The van der Waals surface area contributed by atoms with Crippen LogP contribution in [0.1, 0.15) is 89.2 Å². The first kappa shape index (κ1) is 30.8. The molecule has 2 fully saturated rings. The number of aryl methyl sites for hydroxylation is 1. The lowest BCUT2D eigenvalue weighted by molar-refractivity contribution is -0.109. The third-order valence-corrected chi connectivity index (χ3v) is 7.46. The maximum Gasteiger partial charge on any atom is 0.157 e. The fourth-order valence-electron chi connectivity index (χ4n) is 5.25. The predicted molar refractivity (Wildman–Crippen MR) is 148 cm³/mol. The quantitative estimate of drug-likeness (QED) is 0.226. The second-order valence-electron chi connectivity index (χ2n) is 10.2. The molecule has 2 aliphatic heterocycles. The maximum atomic E-state index is 11.1. The number of aldehydes is 1. The van der Waals surface area contributed by atoms with E-state index in [1.165, 1.54) is 56.3 Å². The first-order valence-corrected chi connectivity index (χ1v) is 14.3. The van der Waals surface area contributed by atoms with Crippen LogP contribution in [0.5, 0.6) is 5.75 Å². The lowest BCUT2D eigenvalue weighted by Crippen LogP contribution is -2.32. The van der Waals surface area contributed by atoms with Gasteiger partial charge >= 0.3 is 0 Å². The molecule has 0 saturated carbocycles. The van der Waals surface area contributed by atoms with Gasteiger partial charge in [-0.05, 0) is 81.8 Å². The Balaban J connectivity index is 0.000000352. The summed E-state index contributed by atoms with van der Waals surface area (Å²) >= 11 is 0. The fraction of sp³-hybridized carbons (Fsp3) is 0.767. The number of carbonyl (C=O) groups is 1. The van der Waals surface area contributed by atoms with Gasteiger partial charge in [-0.15, -0.1) is 0 Å². The molecule has 0 aliphatic carbocycles. The number of benzene rings is 1. The van der Waals surface area contributed by atoms with Gasteiger partial charge in [0.2, 0.25) is 0 Å². The molecular weight excluding hydrogens is 452 g/mol. The third-order valence-electron chi connectivity index (χ3n) is 7.46. The second-order valence-corrected chi connectivity index (χ2v) is 10.2. The molecule has 36 heavy (non-hydrogen) atoms. The van der Waals surface area contributed by atoms with E-state index in [2.05, 4.69) is 55.8 Å². The Bertz CT molecular complexity index is 723. The van der Waals surface area contributed by atoms with Crippen molar-refractivity contribution < 1.29 is 19.0 Å². The van der Waals surface area contributed by atoms with E-state index in [-0.39, 0.29) is 6.29 Å². The number of ether oxygens (including phenoxy) is 3. The van der Waals surface area contributed by atoms with Gasteiger partial charge in [0, 0.05) is 12.6 Å². The number of hydrogen-bond donors (Lipinski definition) is 0. The van der Waals surface area contributed by atoms with Gasteiger partial charge in [0.1, 0.15) is 12.0 Å². The molecule has 0 radical (unpaired) electrons. The highest BCUT2D eigenvalue weighted by Crippen LogP contribution is 2.36. The Morgan fingerprint density at radius 3 is 2.42 bits per heavy atom. The molecule has 2 atom stereocenters. The molecule has 2 aliphatic rings. The number of nitrogens with zero attached hydrogens (tertiary/aromatic N) is 2. The van der Waals surface area contributed by atoms with Gasteiger partial charge < -0.3 is 23.9 Å². The van der Waals surface area contributed by atoms with E-state index in [1.807, 2.05) is 0 Å². The molecule has 0 aromatic heterocycles. The Kier molecular flexibility index (Phi) is 15.3. The number of hydrogen-bond acceptors (Lipinski definition) is 6. The molecule has 3 rings (SSSR count). The van der Waals surface area contributed by atoms with Gasteiger partial charge in [-0.25, -0.2) is 0 Å². The largest absolute Gasteiger partial charge is 0.496 e. The van der Waals surface area contributed by atoms with Crippen LogP contribution < -0.4 is 4.74 Å². The van der Waals surface area contributed by atoms with Crippen molar-refractivity contribution in [3.8, 4) is 5.75 Å². The predicted octanol–water partition coefficient (Wildman–Crippen LogP) is 5.68. The normalized spacial score (nSPS) is 20.5. The highest BCUT2D eigenvalue weighted by molar-refractivity contribution is 5.52. The molecule has 6 nitrogen and oxygen atoms in total. The Hall–Kier alpha value is -1.47. The topological polar surface area (TPSA) is 51.2 Å². The molecule has 1 unspecified atom stereocenters. The van der Waals surface area contributed by atoms with Gasteiger partial charge in [-0.2, -0.15) is 0 Å². The van der Waals surface area contributed by atoms with Gasteiger partial charge in [0.25, 0.3) is 0 Å². The van der Waals surface area contributed by atoms with Crippen molar-refractivity contribution in [2.24, 2.45) is 0 Å². The molecule has 2 heterocycles. The van der Waals surface area contributed by atoms with Crippen LogP contribution in [-0.4, -0.2) is 82.0 Å². The summed E-state index contributed by atoms with van der Waals surface area (Å²) in [6.07, 6.45) is 11.7. The highest BCUT2D eigenvalue weighted by Gasteiger charge is 2.33. The number of carbonyl (C=O) groups excluding carboxylic acids is 1. The fourth-order valence-corrected chi connectivity index (χ4v) is 5.25. The van der Waals surface area contributed by atoms with E-state index in [9.17, 15) is 4.79 Å². The summed E-state index contributed by atoms with van der Waals surface area (Å²) < 4.78 is 16.5. The van der Waals surface area contributed by atoms with Crippen LogP contribution in [0.4, 0.5) is 0 Å². The van der Waals surface area contributed by atoms with Crippen molar-refractivity contribution in [2.45, 2.75) is 96.8 Å². The van der Waals surface area contributed by atoms with E-state index in [1.54, 1.807) is 7.11 Å². The number of methoxy groups -OCH3 is 1. The molecule has 206 valence electrons. The molecule has 0 amide bonds. The van der Waals surface area contributed by atoms with Gasteiger partial charge in [-0.1, -0.05) is 52.2 Å². The van der Waals surface area contributed by atoms with Gasteiger partial charge in [0.05, 0.1) is 26.9 Å². The monoisotopic (exact) mass is 504 g/mol. The average molecular weight is 505 g/mol. The summed E-state index contributed by atoms with van der Waals surface area (Å²) in [6, 6.07) is 6.93. The van der Waals surface area contributed by atoms with Crippen LogP contribution in [-0.2, 0) is 20.7 Å². The van der Waals surface area contributed by atoms with E-state index in [4.69, 9.17) is 14.2 Å². The smallest absolute Gasteiger partial charge is 0.157 e. The Labute approximate surface area is 220 Å². The van der Waals surface area contributed by atoms with E-state index in [0.717, 1.165) is 44.3 Å². The second kappa shape index (κ2) is 17.9. The number of rotatable bonds is 15. The van der Waals surface area contributed by atoms with Crippen molar-refractivity contribution in [3.63, 3.8) is 0 Å². The maximum absolute atomic E-state index is 11.1. The molecule has 0 N–H and O–H groups in total. The van der Waals surface area contributed by atoms with Crippen LogP contribution in [0.15, 0.2) is 18.2 Å². The number of likely N-dealkylation sites (tertiary alicyclic amines) is 1. The van der Waals surface area contributed by atoms with Crippen LogP contribution in [0, 0.1) is 0 Å². The van der Waals surface area contributed by atoms with Crippen molar-refractivity contribution >= 4 is 6.29 Å². The minimum Gasteiger partial charge on any atom is -0.496 e. The summed E-state index contributed by atoms with van der Waals surface area (Å²) in [5, 5.41) is 0. The summed E-state index contributed by atoms with van der Waals surface area (Å²) in [5.41, 5.74) is 2.60. The summed E-state index contributed by atoms with van der Waals surface area (Å²) in [6.45, 7) is 12.1. The standard InChI is InChI=1S/C20H29NO4.C10H23N/c1-3-15-12-16(4-6-19(15)23-2)17-13-18(21(14-17)8-9-22)5-7-20-24-10-11-25-20;1-4-6-8-10-11(3)9-7-5-2/h4,6,9,12,17-18,20H,3,5,7-8,10-11,13-14H2,1-2H3;4-10H2,1-3H3/t17?,18-;/m0./s1. The summed E-state index contributed by atoms with van der Waals surface area (Å²) in [5.74, 6) is 1.42. The third kappa shape index (κ3) is 10.5. The lowest BCUT2D eigenvalue weighted by atomic mass is 9.93. The molecule has 1 aromatic carbocycles. The molecular formula is C30H52N2O4. The first-order chi connectivity index (χ1) is 17.6. The minimum absolute atomic E-state index is 0.0650. The highest BCUT2D eigenvalue weighted by atomic mass is 16.7. The van der Waals surface area contributed by atoms with Crippen molar-refractivity contribution in [3.05, 3.63) is 29.3 Å². The van der Waals surface area contributed by atoms with Crippen LogP contribution in [0.2, 0.25) is 0 Å². The van der Waals surface area contributed by atoms with E-state index in [0.29, 0.717) is 31.7 Å². The average Bonchev–Trinajstić information content (AvgIpc) is 3.56. The summed E-state index contributed by atoms with van der Waals surface area (Å²) in [4.78, 5) is 15.8. The summed E-state index contributed by atoms with van der Waals surface area (Å²) in [7, 11) is 3.95. The zero-order valence-electron chi connectivity index (χ0n) is 23.7. The van der Waals surface area contributed by atoms with E-state index < -0.39 is 0 Å². The SMILES string of the molecule is CCCCCN(C)CCCC.CCc1cc(C2C[C@H](CCC3OCCO3)N(CC=O)C2)ccc1OC. The van der Waals surface area contributed by atoms with Crippen LogP contribution in [0.25, 0.3) is 0 Å². The minimum atomic E-state index is -0.0650. The van der Waals surface area contributed by atoms with Crippen LogP contribution >= 0.6 is 0 Å². The van der Waals surface area contributed by atoms with E-state index >= 15 is 0 Å². The molecule has 0 bridgehead atoms. The molecule has 6 heteroatoms. The molecule has 1 aromatic rings. The van der Waals surface area contributed by atoms with Gasteiger partial charge in [0.15, 0.2) is 6.29 Å². The van der Waals surface area contributed by atoms with Crippen molar-refractivity contribution in [1.29, 1.82) is 0 Å². The molecule has 0 spiro atoms. The van der Waals surface area contributed by atoms with Crippen molar-refractivity contribution in [1.82, 2.24) is 9.80 Å². The lowest BCUT2D eigenvalue weighted by Gasteiger charge is -2.22. The molecule has 2 saturated heterocycles. The van der Waals surface area contributed by atoms with Crippen LogP contribution in [0.3, 0.4) is 0 Å². The zero-order chi connectivity index (χ0) is 26.2. The van der Waals surface area contributed by atoms with Crippen molar-refractivity contribution in [2.75, 3.05) is 53.6 Å². The Morgan fingerprint density at radius 2 is 1.78 bits per heavy atom. The Morgan fingerprint density at radius 1 is 1.06 bits per heavy atom.